The first-order valence-corrected chi connectivity index (χ1v) is 3.89. The summed E-state index contributed by atoms with van der Waals surface area (Å²) in [5, 5.41) is 26.8. The normalized spacial score (nSPS) is 22.8. The quantitative estimate of drug-likeness (QED) is 0.429. The van der Waals surface area contributed by atoms with Crippen molar-refractivity contribution in [2.24, 2.45) is 5.73 Å². The van der Waals surface area contributed by atoms with E-state index in [9.17, 15) is 0 Å². The van der Waals surface area contributed by atoms with Crippen molar-refractivity contribution in [1.82, 2.24) is 0 Å². The van der Waals surface area contributed by atoms with E-state index in [-0.39, 0.29) is 19.8 Å². The Morgan fingerprint density at radius 2 is 1.92 bits per heavy atom. The van der Waals surface area contributed by atoms with Crippen LogP contribution >= 0.6 is 0 Å². The van der Waals surface area contributed by atoms with Gasteiger partial charge in [0, 0.05) is 11.1 Å². The summed E-state index contributed by atoms with van der Waals surface area (Å²) in [4.78, 5) is 0. The van der Waals surface area contributed by atoms with Crippen LogP contribution in [0.15, 0.2) is 23.0 Å². The van der Waals surface area contributed by atoms with E-state index in [2.05, 4.69) is 0 Å². The molecular formula is C8H13NO4. The van der Waals surface area contributed by atoms with Crippen molar-refractivity contribution in [3.8, 4) is 0 Å². The summed E-state index contributed by atoms with van der Waals surface area (Å²) in [5.41, 5.74) is 6.82. The number of ether oxygens (including phenoxy) is 1. The van der Waals surface area contributed by atoms with E-state index in [0.717, 1.165) is 0 Å². The Balaban J connectivity index is 3.00. The van der Waals surface area contributed by atoms with Crippen molar-refractivity contribution in [2.45, 2.75) is 6.23 Å². The van der Waals surface area contributed by atoms with Gasteiger partial charge in [0.25, 0.3) is 0 Å². The predicted octanol–water partition coefficient (Wildman–Crippen LogP) is -1.54. The molecule has 0 bridgehead atoms. The lowest BCUT2D eigenvalue weighted by Gasteiger charge is -2.24. The van der Waals surface area contributed by atoms with E-state index in [1.54, 1.807) is 0 Å². The van der Waals surface area contributed by atoms with E-state index < -0.39 is 6.23 Å². The van der Waals surface area contributed by atoms with Gasteiger partial charge in [0.2, 0.25) is 0 Å². The summed E-state index contributed by atoms with van der Waals surface area (Å²) in [6, 6.07) is 0. The highest BCUT2D eigenvalue weighted by atomic mass is 16.5. The van der Waals surface area contributed by atoms with Gasteiger partial charge in [-0.2, -0.15) is 0 Å². The number of hydrogen-bond donors (Lipinski definition) is 4. The molecule has 1 rings (SSSR count). The van der Waals surface area contributed by atoms with Gasteiger partial charge in [-0.1, -0.05) is 0 Å². The first-order chi connectivity index (χ1) is 6.24. The fourth-order valence-corrected chi connectivity index (χ4v) is 1.21. The molecule has 1 aliphatic heterocycles. The predicted molar refractivity (Wildman–Crippen MR) is 45.4 cm³/mol. The molecule has 0 fully saturated rings. The van der Waals surface area contributed by atoms with Gasteiger partial charge in [0.1, 0.15) is 0 Å². The zero-order valence-corrected chi connectivity index (χ0v) is 7.10. The van der Waals surface area contributed by atoms with Gasteiger partial charge in [-0.3, -0.25) is 5.73 Å². The summed E-state index contributed by atoms with van der Waals surface area (Å²) >= 11 is 0. The Hall–Kier alpha value is -0.880. The highest BCUT2D eigenvalue weighted by molar-refractivity contribution is 5.39. The summed E-state index contributed by atoms with van der Waals surface area (Å²) in [6.45, 7) is -0.792. The third kappa shape index (κ3) is 1.89. The minimum absolute atomic E-state index is 0.244. The van der Waals surface area contributed by atoms with Gasteiger partial charge >= 0.3 is 0 Å². The van der Waals surface area contributed by atoms with Gasteiger partial charge in [-0.25, -0.2) is 0 Å². The second-order valence-corrected chi connectivity index (χ2v) is 2.68. The van der Waals surface area contributed by atoms with Crippen LogP contribution < -0.4 is 5.73 Å². The van der Waals surface area contributed by atoms with Crippen molar-refractivity contribution in [1.29, 1.82) is 0 Å². The van der Waals surface area contributed by atoms with E-state index >= 15 is 0 Å². The maximum atomic E-state index is 8.98. The molecule has 0 saturated carbocycles. The van der Waals surface area contributed by atoms with Crippen LogP contribution in [0.1, 0.15) is 0 Å². The Kier molecular flexibility index (Phi) is 3.44. The summed E-state index contributed by atoms with van der Waals surface area (Å²) in [5.74, 6) is 0. The lowest BCUT2D eigenvalue weighted by atomic mass is 9.99. The molecule has 0 saturated heterocycles. The zero-order chi connectivity index (χ0) is 9.84. The third-order valence-electron chi connectivity index (χ3n) is 1.97. The first kappa shape index (κ1) is 10.2. The smallest absolute Gasteiger partial charge is 0.172 e. The molecule has 1 atom stereocenters. The SMILES string of the molecule is NC1OC=C(CO)C(CO)=C1CO. The topological polar surface area (TPSA) is 95.9 Å². The number of nitrogens with two attached hydrogens (primary N) is 1. The second-order valence-electron chi connectivity index (χ2n) is 2.68. The highest BCUT2D eigenvalue weighted by Gasteiger charge is 2.21. The largest absolute Gasteiger partial charge is 0.479 e. The van der Waals surface area contributed by atoms with Crippen molar-refractivity contribution in [2.75, 3.05) is 19.8 Å². The highest BCUT2D eigenvalue weighted by Crippen LogP contribution is 2.21. The molecule has 0 aliphatic carbocycles. The van der Waals surface area contributed by atoms with Crippen molar-refractivity contribution < 1.29 is 20.1 Å². The van der Waals surface area contributed by atoms with Crippen LogP contribution in [-0.2, 0) is 4.74 Å². The van der Waals surface area contributed by atoms with Crippen molar-refractivity contribution in [3.63, 3.8) is 0 Å². The summed E-state index contributed by atoms with van der Waals surface area (Å²) in [7, 11) is 0. The molecule has 5 nitrogen and oxygen atoms in total. The lowest BCUT2D eigenvalue weighted by Crippen LogP contribution is -2.31. The Bertz CT molecular complexity index is 247. The maximum Gasteiger partial charge on any atom is 0.172 e. The van der Waals surface area contributed by atoms with E-state index in [0.29, 0.717) is 16.7 Å². The van der Waals surface area contributed by atoms with Crippen molar-refractivity contribution >= 4 is 0 Å². The molecule has 0 aromatic carbocycles. The number of rotatable bonds is 3. The van der Waals surface area contributed by atoms with Gasteiger partial charge in [-0.15, -0.1) is 0 Å². The average Bonchev–Trinajstić information content (AvgIpc) is 2.17. The maximum absolute atomic E-state index is 8.98. The molecule has 1 heterocycles. The number of aliphatic hydroxyl groups excluding tert-OH is 3. The van der Waals surface area contributed by atoms with E-state index in [4.69, 9.17) is 25.8 Å². The lowest BCUT2D eigenvalue weighted by molar-refractivity contribution is 0.148. The Labute approximate surface area is 75.7 Å². The molecule has 74 valence electrons. The van der Waals surface area contributed by atoms with Crippen LogP contribution in [0, 0.1) is 0 Å². The molecule has 13 heavy (non-hydrogen) atoms. The van der Waals surface area contributed by atoms with Gasteiger partial charge in [0.05, 0.1) is 26.1 Å². The molecule has 0 aromatic heterocycles. The van der Waals surface area contributed by atoms with E-state index in [1.807, 2.05) is 0 Å². The van der Waals surface area contributed by atoms with Crippen molar-refractivity contribution in [3.05, 3.63) is 23.0 Å². The van der Waals surface area contributed by atoms with Crippen LogP contribution in [0.3, 0.4) is 0 Å². The standard InChI is InChI=1S/C8H13NO4/c9-8-7(3-12)6(2-11)5(1-10)4-13-8/h4,8,10-12H,1-3,9H2. The van der Waals surface area contributed by atoms with E-state index in [1.165, 1.54) is 6.26 Å². The van der Waals surface area contributed by atoms with Gasteiger partial charge in [-0.05, 0) is 5.57 Å². The first-order valence-electron chi connectivity index (χ1n) is 3.89. The summed E-state index contributed by atoms with van der Waals surface area (Å²) in [6.07, 6.45) is 0.567. The molecule has 5 N–H and O–H groups in total. The molecule has 1 aliphatic rings. The van der Waals surface area contributed by atoms with Crippen LogP contribution in [0.5, 0.6) is 0 Å². The molecular weight excluding hydrogens is 174 g/mol. The van der Waals surface area contributed by atoms with Crippen LogP contribution in [0.2, 0.25) is 0 Å². The van der Waals surface area contributed by atoms with Gasteiger partial charge < -0.3 is 20.1 Å². The molecule has 0 aromatic rings. The summed E-state index contributed by atoms with van der Waals surface area (Å²) < 4.78 is 4.94. The van der Waals surface area contributed by atoms with Crippen LogP contribution in [0.4, 0.5) is 0 Å². The molecule has 0 amide bonds. The van der Waals surface area contributed by atoms with Gasteiger partial charge in [0.15, 0.2) is 6.23 Å². The zero-order valence-electron chi connectivity index (χ0n) is 7.10. The molecule has 0 spiro atoms. The van der Waals surface area contributed by atoms with Crippen LogP contribution in [-0.4, -0.2) is 41.4 Å². The molecule has 0 radical (unpaired) electrons. The second kappa shape index (κ2) is 4.38. The minimum atomic E-state index is -0.734. The monoisotopic (exact) mass is 187 g/mol. The average molecular weight is 187 g/mol. The van der Waals surface area contributed by atoms with Crippen LogP contribution in [0.25, 0.3) is 0 Å². The Morgan fingerprint density at radius 3 is 2.38 bits per heavy atom. The number of hydrogen-bond acceptors (Lipinski definition) is 5. The minimum Gasteiger partial charge on any atom is -0.479 e. The molecule has 5 heteroatoms. The third-order valence-corrected chi connectivity index (χ3v) is 1.97. The fraction of sp³-hybridized carbons (Fsp3) is 0.500. The number of aliphatic hydroxyl groups is 3. The Morgan fingerprint density at radius 1 is 1.23 bits per heavy atom. The fourth-order valence-electron chi connectivity index (χ4n) is 1.21. The molecule has 1 unspecified atom stereocenters.